The summed E-state index contributed by atoms with van der Waals surface area (Å²) >= 11 is 0. The molecule has 1 aliphatic heterocycles. The molecule has 1 aliphatic rings. The number of para-hydroxylation sites is 1. The Hall–Kier alpha value is -2.58. The van der Waals surface area contributed by atoms with Gasteiger partial charge in [-0.2, -0.15) is 4.31 Å². The normalized spacial score (nSPS) is 15.2. The summed E-state index contributed by atoms with van der Waals surface area (Å²) in [4.78, 5) is 4.45. The molecule has 0 saturated carbocycles. The Morgan fingerprint density at radius 3 is 2.61 bits per heavy atom. The van der Waals surface area contributed by atoms with E-state index in [-0.39, 0.29) is 10.6 Å². The SMILES string of the molecule is CCOc1ccc(N=Cc2cccc(OC)c2O)cc1S(=O)(=O)N1CCCC1. The highest BCUT2D eigenvalue weighted by Crippen LogP contribution is 2.33. The predicted octanol–water partition coefficient (Wildman–Crippen LogP) is 3.33. The highest BCUT2D eigenvalue weighted by Gasteiger charge is 2.30. The molecule has 28 heavy (non-hydrogen) atoms. The zero-order valence-electron chi connectivity index (χ0n) is 16.0. The summed E-state index contributed by atoms with van der Waals surface area (Å²) in [5.41, 5.74) is 0.917. The van der Waals surface area contributed by atoms with Gasteiger partial charge in [0.2, 0.25) is 10.0 Å². The quantitative estimate of drug-likeness (QED) is 0.715. The molecule has 1 saturated heterocycles. The zero-order valence-corrected chi connectivity index (χ0v) is 16.8. The molecule has 0 aliphatic carbocycles. The van der Waals surface area contributed by atoms with Crippen molar-refractivity contribution in [2.24, 2.45) is 4.99 Å². The number of sulfonamides is 1. The largest absolute Gasteiger partial charge is 0.504 e. The van der Waals surface area contributed by atoms with E-state index in [9.17, 15) is 13.5 Å². The van der Waals surface area contributed by atoms with Gasteiger partial charge in [0.1, 0.15) is 10.6 Å². The number of aliphatic imine (C=N–C) groups is 1. The van der Waals surface area contributed by atoms with E-state index < -0.39 is 10.0 Å². The lowest BCUT2D eigenvalue weighted by Gasteiger charge is -2.18. The van der Waals surface area contributed by atoms with Crippen molar-refractivity contribution in [1.82, 2.24) is 4.31 Å². The smallest absolute Gasteiger partial charge is 0.246 e. The molecule has 3 rings (SSSR count). The van der Waals surface area contributed by atoms with Crippen LogP contribution in [0.1, 0.15) is 25.3 Å². The number of methoxy groups -OCH3 is 1. The van der Waals surface area contributed by atoms with Crippen molar-refractivity contribution >= 4 is 21.9 Å². The summed E-state index contributed by atoms with van der Waals surface area (Å²) in [7, 11) is -2.18. The molecule has 0 atom stereocenters. The van der Waals surface area contributed by atoms with Crippen LogP contribution in [0.4, 0.5) is 5.69 Å². The molecule has 0 aromatic heterocycles. The van der Waals surface area contributed by atoms with Gasteiger partial charge >= 0.3 is 0 Å². The molecule has 2 aromatic rings. The van der Waals surface area contributed by atoms with Gasteiger partial charge in [0.05, 0.1) is 19.4 Å². The molecule has 0 radical (unpaired) electrons. The number of ether oxygens (including phenoxy) is 2. The second kappa shape index (κ2) is 8.62. The lowest BCUT2D eigenvalue weighted by molar-refractivity contribution is 0.329. The predicted molar refractivity (Wildman–Crippen MR) is 108 cm³/mol. The molecule has 8 heteroatoms. The minimum atomic E-state index is -3.65. The van der Waals surface area contributed by atoms with Crippen LogP contribution in [0.3, 0.4) is 0 Å². The highest BCUT2D eigenvalue weighted by atomic mass is 32.2. The number of hydrogen-bond donors (Lipinski definition) is 1. The van der Waals surface area contributed by atoms with Gasteiger partial charge in [-0.15, -0.1) is 0 Å². The van der Waals surface area contributed by atoms with Crippen molar-refractivity contribution in [3.05, 3.63) is 42.0 Å². The van der Waals surface area contributed by atoms with Crippen molar-refractivity contribution in [1.29, 1.82) is 0 Å². The Kier molecular flexibility index (Phi) is 6.21. The second-order valence-corrected chi connectivity index (χ2v) is 8.24. The average molecular weight is 404 g/mol. The van der Waals surface area contributed by atoms with Crippen LogP contribution in [0.15, 0.2) is 46.3 Å². The molecule has 0 spiro atoms. The van der Waals surface area contributed by atoms with Gasteiger partial charge in [-0.3, -0.25) is 4.99 Å². The van der Waals surface area contributed by atoms with Gasteiger partial charge in [-0.1, -0.05) is 6.07 Å². The minimum absolute atomic E-state index is 0.0235. The number of benzene rings is 2. The first-order valence-corrected chi connectivity index (χ1v) is 10.6. The fourth-order valence-corrected chi connectivity index (χ4v) is 4.74. The molecule has 150 valence electrons. The number of rotatable bonds is 7. The standard InChI is InChI=1S/C20H24N2O5S/c1-3-27-17-10-9-16(13-19(17)28(24,25)22-11-4-5-12-22)21-14-15-7-6-8-18(26-2)20(15)23/h6-10,13-14,23H,3-5,11-12H2,1-2H3. The summed E-state index contributed by atoms with van der Waals surface area (Å²) in [5.74, 6) is 0.634. The minimum Gasteiger partial charge on any atom is -0.504 e. The van der Waals surface area contributed by atoms with Crippen molar-refractivity contribution in [2.45, 2.75) is 24.7 Å². The molecule has 1 fully saturated rings. The van der Waals surface area contributed by atoms with E-state index in [2.05, 4.69) is 4.99 Å². The lowest BCUT2D eigenvalue weighted by Crippen LogP contribution is -2.28. The maximum absolute atomic E-state index is 13.0. The highest BCUT2D eigenvalue weighted by molar-refractivity contribution is 7.89. The van der Waals surface area contributed by atoms with E-state index in [0.29, 0.717) is 42.4 Å². The van der Waals surface area contributed by atoms with Crippen molar-refractivity contribution in [3.8, 4) is 17.2 Å². The average Bonchev–Trinajstić information content (AvgIpc) is 3.24. The summed E-state index contributed by atoms with van der Waals surface area (Å²) < 4.78 is 38.2. The number of aromatic hydroxyl groups is 1. The molecule has 0 amide bonds. The topological polar surface area (TPSA) is 88.4 Å². The summed E-state index contributed by atoms with van der Waals surface area (Å²) in [6, 6.07) is 9.88. The van der Waals surface area contributed by atoms with Crippen molar-refractivity contribution < 1.29 is 23.0 Å². The summed E-state index contributed by atoms with van der Waals surface area (Å²) in [6.07, 6.45) is 3.19. The van der Waals surface area contributed by atoms with E-state index in [1.807, 2.05) is 6.92 Å². The Balaban J connectivity index is 1.97. The summed E-state index contributed by atoms with van der Waals surface area (Å²) in [6.45, 7) is 3.20. The van der Waals surface area contributed by atoms with Crippen LogP contribution < -0.4 is 9.47 Å². The van der Waals surface area contributed by atoms with E-state index >= 15 is 0 Å². The van der Waals surface area contributed by atoms with Crippen LogP contribution in [0.25, 0.3) is 0 Å². The third-order valence-electron chi connectivity index (χ3n) is 4.51. The van der Waals surface area contributed by atoms with E-state index in [1.54, 1.807) is 30.3 Å². The van der Waals surface area contributed by atoms with Crippen molar-refractivity contribution in [3.63, 3.8) is 0 Å². The van der Waals surface area contributed by atoms with E-state index in [0.717, 1.165) is 12.8 Å². The molecule has 1 heterocycles. The third kappa shape index (κ3) is 4.13. The molecule has 0 bridgehead atoms. The fourth-order valence-electron chi connectivity index (χ4n) is 3.07. The molecule has 1 N–H and O–H groups in total. The number of nitrogens with zero attached hydrogens (tertiary/aromatic N) is 2. The van der Waals surface area contributed by atoms with Crippen LogP contribution >= 0.6 is 0 Å². The Morgan fingerprint density at radius 2 is 1.93 bits per heavy atom. The van der Waals surface area contributed by atoms with Crippen molar-refractivity contribution in [2.75, 3.05) is 26.8 Å². The number of hydrogen-bond acceptors (Lipinski definition) is 6. The molecular weight excluding hydrogens is 380 g/mol. The maximum Gasteiger partial charge on any atom is 0.246 e. The van der Waals surface area contributed by atoms with Crippen LogP contribution in [0.2, 0.25) is 0 Å². The molecule has 2 aromatic carbocycles. The summed E-state index contributed by atoms with van der Waals surface area (Å²) in [5, 5.41) is 10.2. The second-order valence-electron chi connectivity index (χ2n) is 6.33. The number of phenols is 1. The first-order valence-electron chi connectivity index (χ1n) is 9.14. The first kappa shape index (κ1) is 20.2. The Labute approximate surface area is 165 Å². The van der Waals surface area contributed by atoms with Crippen LogP contribution in [-0.2, 0) is 10.0 Å². The van der Waals surface area contributed by atoms with Gasteiger partial charge in [-0.25, -0.2) is 8.42 Å². The zero-order chi connectivity index (χ0) is 20.1. The van der Waals surface area contributed by atoms with Gasteiger partial charge < -0.3 is 14.6 Å². The van der Waals surface area contributed by atoms with Crippen LogP contribution in [-0.4, -0.2) is 50.9 Å². The fraction of sp³-hybridized carbons (Fsp3) is 0.350. The Bertz CT molecular complexity index is 967. The number of phenolic OH excluding ortho intramolecular Hbond substituents is 1. The van der Waals surface area contributed by atoms with E-state index in [1.165, 1.54) is 23.7 Å². The van der Waals surface area contributed by atoms with Crippen LogP contribution in [0, 0.1) is 0 Å². The first-order chi connectivity index (χ1) is 13.5. The Morgan fingerprint density at radius 1 is 1.18 bits per heavy atom. The third-order valence-corrected chi connectivity index (χ3v) is 6.43. The van der Waals surface area contributed by atoms with Crippen LogP contribution in [0.5, 0.6) is 17.2 Å². The molecular formula is C20H24N2O5S. The van der Waals surface area contributed by atoms with Gasteiger partial charge in [-0.05, 0) is 50.1 Å². The maximum atomic E-state index is 13.0. The monoisotopic (exact) mass is 404 g/mol. The van der Waals surface area contributed by atoms with E-state index in [4.69, 9.17) is 9.47 Å². The van der Waals surface area contributed by atoms with Gasteiger partial charge in [0, 0.05) is 24.9 Å². The lowest BCUT2D eigenvalue weighted by atomic mass is 10.2. The van der Waals surface area contributed by atoms with Gasteiger partial charge in [0.15, 0.2) is 11.5 Å². The molecule has 7 nitrogen and oxygen atoms in total. The molecule has 0 unspecified atom stereocenters. The van der Waals surface area contributed by atoms with Gasteiger partial charge in [0.25, 0.3) is 0 Å².